The molecule has 0 aliphatic carbocycles. The highest BCUT2D eigenvalue weighted by Crippen LogP contribution is 2.31. The Kier molecular flexibility index (Phi) is 3.70. The summed E-state index contributed by atoms with van der Waals surface area (Å²) in [5.41, 5.74) is 2.43. The Bertz CT molecular complexity index is 352. The molecule has 16 heavy (non-hydrogen) atoms. The highest BCUT2D eigenvalue weighted by molar-refractivity contribution is 6.17. The van der Waals surface area contributed by atoms with Crippen molar-refractivity contribution in [3.63, 3.8) is 0 Å². The summed E-state index contributed by atoms with van der Waals surface area (Å²) in [4.78, 5) is 6.71. The largest absolute Gasteiger partial charge is 0.367 e. The molecule has 2 heterocycles. The van der Waals surface area contributed by atoms with Gasteiger partial charge in [0.1, 0.15) is 0 Å². The summed E-state index contributed by atoms with van der Waals surface area (Å²) in [7, 11) is 0. The van der Waals surface area contributed by atoms with Gasteiger partial charge in [-0.2, -0.15) is 0 Å². The first-order valence-corrected chi connectivity index (χ1v) is 6.53. The summed E-state index contributed by atoms with van der Waals surface area (Å²) in [5, 5.41) is 0. The molecule has 3 heteroatoms. The van der Waals surface area contributed by atoms with E-state index in [9.17, 15) is 0 Å². The van der Waals surface area contributed by atoms with Crippen molar-refractivity contribution in [3.8, 4) is 0 Å². The lowest BCUT2D eigenvalue weighted by atomic mass is 10.0. The van der Waals surface area contributed by atoms with Gasteiger partial charge in [0.2, 0.25) is 0 Å². The number of hydrogen-bond acceptors (Lipinski definition) is 2. The first-order valence-electron chi connectivity index (χ1n) is 5.99. The standard InChI is InChI=1S/C13H19ClN2/c1-10(2)12-4-3-7-16(12)13-9-15-6-5-11(13)8-14/h5-6,9-10,12H,3-4,7-8H2,1-2H3. The average molecular weight is 239 g/mol. The van der Waals surface area contributed by atoms with Crippen LogP contribution in [0.25, 0.3) is 0 Å². The van der Waals surface area contributed by atoms with Crippen molar-refractivity contribution >= 4 is 17.3 Å². The van der Waals surface area contributed by atoms with E-state index >= 15 is 0 Å². The molecule has 0 radical (unpaired) electrons. The van der Waals surface area contributed by atoms with Crippen LogP contribution in [-0.2, 0) is 5.88 Å². The highest BCUT2D eigenvalue weighted by Gasteiger charge is 2.28. The molecule has 88 valence electrons. The van der Waals surface area contributed by atoms with E-state index in [4.69, 9.17) is 11.6 Å². The van der Waals surface area contributed by atoms with Crippen LogP contribution in [0.1, 0.15) is 32.3 Å². The highest BCUT2D eigenvalue weighted by atomic mass is 35.5. The van der Waals surface area contributed by atoms with Crippen LogP contribution >= 0.6 is 11.6 Å². The first kappa shape index (κ1) is 11.7. The van der Waals surface area contributed by atoms with Gasteiger partial charge in [0, 0.05) is 24.7 Å². The molecule has 0 amide bonds. The second-order valence-corrected chi connectivity index (χ2v) is 5.05. The number of halogens is 1. The number of hydrogen-bond donors (Lipinski definition) is 0. The quantitative estimate of drug-likeness (QED) is 0.750. The lowest BCUT2D eigenvalue weighted by Crippen LogP contribution is -2.34. The van der Waals surface area contributed by atoms with Crippen molar-refractivity contribution in [3.05, 3.63) is 24.0 Å². The molecule has 0 N–H and O–H groups in total. The molecule has 1 fully saturated rings. The summed E-state index contributed by atoms with van der Waals surface area (Å²) in [6, 6.07) is 2.67. The molecule has 1 aromatic rings. The van der Waals surface area contributed by atoms with Crippen molar-refractivity contribution in [1.29, 1.82) is 0 Å². The maximum absolute atomic E-state index is 5.98. The van der Waals surface area contributed by atoms with Gasteiger partial charge >= 0.3 is 0 Å². The molecular weight excluding hydrogens is 220 g/mol. The normalized spacial score (nSPS) is 20.8. The van der Waals surface area contributed by atoms with Gasteiger partial charge < -0.3 is 4.90 Å². The van der Waals surface area contributed by atoms with E-state index in [1.807, 2.05) is 18.5 Å². The number of alkyl halides is 1. The number of rotatable bonds is 3. The summed E-state index contributed by atoms with van der Waals surface area (Å²) in [6.07, 6.45) is 6.34. The Labute approximate surface area is 103 Å². The maximum atomic E-state index is 5.98. The van der Waals surface area contributed by atoms with E-state index in [1.165, 1.54) is 24.1 Å². The van der Waals surface area contributed by atoms with Crippen molar-refractivity contribution in [2.75, 3.05) is 11.4 Å². The minimum Gasteiger partial charge on any atom is -0.367 e. The molecule has 1 atom stereocenters. The van der Waals surface area contributed by atoms with Crippen LogP contribution in [0.4, 0.5) is 5.69 Å². The minimum atomic E-state index is 0.569. The fourth-order valence-electron chi connectivity index (χ4n) is 2.57. The van der Waals surface area contributed by atoms with Crippen LogP contribution in [0, 0.1) is 5.92 Å². The minimum absolute atomic E-state index is 0.569. The van der Waals surface area contributed by atoms with Crippen LogP contribution in [0.2, 0.25) is 0 Å². The van der Waals surface area contributed by atoms with Gasteiger partial charge in [-0.05, 0) is 30.4 Å². The number of nitrogens with zero attached hydrogens (tertiary/aromatic N) is 2. The van der Waals surface area contributed by atoms with Gasteiger partial charge in [-0.1, -0.05) is 13.8 Å². The zero-order valence-electron chi connectivity index (χ0n) is 9.99. The van der Waals surface area contributed by atoms with Crippen LogP contribution in [-0.4, -0.2) is 17.6 Å². The fourth-order valence-corrected chi connectivity index (χ4v) is 2.80. The SMILES string of the molecule is CC(C)C1CCCN1c1cnccc1CCl. The van der Waals surface area contributed by atoms with Gasteiger partial charge in [-0.3, -0.25) is 4.98 Å². The average Bonchev–Trinajstić information content (AvgIpc) is 2.77. The van der Waals surface area contributed by atoms with Crippen LogP contribution in [0.15, 0.2) is 18.5 Å². The Morgan fingerprint density at radius 2 is 2.38 bits per heavy atom. The molecule has 2 rings (SSSR count). The molecule has 0 aromatic carbocycles. The summed E-state index contributed by atoms with van der Waals surface area (Å²) in [6.45, 7) is 5.72. The Balaban J connectivity index is 2.28. The zero-order chi connectivity index (χ0) is 11.5. The van der Waals surface area contributed by atoms with Crippen molar-refractivity contribution in [1.82, 2.24) is 4.98 Å². The van der Waals surface area contributed by atoms with E-state index in [0.717, 1.165) is 6.54 Å². The van der Waals surface area contributed by atoms with Crippen LogP contribution < -0.4 is 4.90 Å². The maximum Gasteiger partial charge on any atom is 0.0600 e. The first-order chi connectivity index (χ1) is 7.74. The topological polar surface area (TPSA) is 16.1 Å². The summed E-state index contributed by atoms with van der Waals surface area (Å²) >= 11 is 5.98. The molecule has 1 aromatic heterocycles. The van der Waals surface area contributed by atoms with Gasteiger partial charge in [0.05, 0.1) is 11.9 Å². The van der Waals surface area contributed by atoms with Gasteiger partial charge in [0.25, 0.3) is 0 Å². The van der Waals surface area contributed by atoms with E-state index in [-0.39, 0.29) is 0 Å². The third-order valence-corrected chi connectivity index (χ3v) is 3.70. The Morgan fingerprint density at radius 1 is 1.56 bits per heavy atom. The molecule has 1 saturated heterocycles. The van der Waals surface area contributed by atoms with Gasteiger partial charge in [-0.15, -0.1) is 11.6 Å². The molecule has 1 aliphatic rings. The van der Waals surface area contributed by atoms with Crippen molar-refractivity contribution in [2.45, 2.75) is 38.6 Å². The molecular formula is C13H19ClN2. The lowest BCUT2D eigenvalue weighted by Gasteiger charge is -2.30. The van der Waals surface area contributed by atoms with Crippen molar-refractivity contribution in [2.24, 2.45) is 5.92 Å². The fraction of sp³-hybridized carbons (Fsp3) is 0.615. The monoisotopic (exact) mass is 238 g/mol. The van der Waals surface area contributed by atoms with E-state index in [0.29, 0.717) is 17.8 Å². The van der Waals surface area contributed by atoms with Crippen molar-refractivity contribution < 1.29 is 0 Å². The van der Waals surface area contributed by atoms with E-state index in [2.05, 4.69) is 23.7 Å². The number of aromatic nitrogens is 1. The summed E-state index contributed by atoms with van der Waals surface area (Å²) < 4.78 is 0. The van der Waals surface area contributed by atoms with E-state index in [1.54, 1.807) is 0 Å². The van der Waals surface area contributed by atoms with Gasteiger partial charge in [-0.25, -0.2) is 0 Å². The Hall–Kier alpha value is -0.760. The van der Waals surface area contributed by atoms with Crippen LogP contribution in [0.3, 0.4) is 0 Å². The third kappa shape index (κ3) is 2.17. The molecule has 1 aliphatic heterocycles. The molecule has 0 spiro atoms. The second-order valence-electron chi connectivity index (χ2n) is 4.79. The number of pyridine rings is 1. The predicted octanol–water partition coefficient (Wildman–Crippen LogP) is 3.45. The molecule has 1 unspecified atom stereocenters. The molecule has 2 nitrogen and oxygen atoms in total. The third-order valence-electron chi connectivity index (χ3n) is 3.41. The summed E-state index contributed by atoms with van der Waals surface area (Å²) in [5.74, 6) is 1.25. The number of anilines is 1. The molecule has 0 saturated carbocycles. The van der Waals surface area contributed by atoms with E-state index < -0.39 is 0 Å². The predicted molar refractivity (Wildman–Crippen MR) is 69.0 cm³/mol. The van der Waals surface area contributed by atoms with Gasteiger partial charge in [0.15, 0.2) is 0 Å². The Morgan fingerprint density at radius 3 is 3.06 bits per heavy atom. The van der Waals surface area contributed by atoms with Crippen LogP contribution in [0.5, 0.6) is 0 Å². The molecule has 0 bridgehead atoms. The zero-order valence-corrected chi connectivity index (χ0v) is 10.7. The second kappa shape index (κ2) is 5.05. The lowest BCUT2D eigenvalue weighted by molar-refractivity contribution is 0.491. The smallest absolute Gasteiger partial charge is 0.0600 e.